The summed E-state index contributed by atoms with van der Waals surface area (Å²) >= 11 is 0. The van der Waals surface area contributed by atoms with Gasteiger partial charge in [0.25, 0.3) is 0 Å². The van der Waals surface area contributed by atoms with Gasteiger partial charge in [-0.2, -0.15) is 0 Å². The lowest BCUT2D eigenvalue weighted by molar-refractivity contribution is -0.155. The van der Waals surface area contributed by atoms with Crippen LogP contribution in [0, 0.1) is 5.92 Å². The van der Waals surface area contributed by atoms with Crippen LogP contribution in [0.2, 0.25) is 0 Å². The Morgan fingerprint density at radius 2 is 2.00 bits per heavy atom. The molecule has 0 radical (unpaired) electrons. The lowest BCUT2D eigenvalue weighted by Crippen LogP contribution is -2.29. The van der Waals surface area contributed by atoms with Gasteiger partial charge in [-0.05, 0) is 45.6 Å². The Balaban J connectivity index is 4.32. The molecular formula is C15H26O2. The van der Waals surface area contributed by atoms with Gasteiger partial charge in [-0.3, -0.25) is 4.79 Å². The number of ether oxygens (including phenoxy) is 1. The summed E-state index contributed by atoms with van der Waals surface area (Å²) in [6.45, 7) is 13.8. The fourth-order valence-corrected chi connectivity index (χ4v) is 1.48. The van der Waals surface area contributed by atoms with E-state index in [0.29, 0.717) is 12.3 Å². The molecule has 0 saturated carbocycles. The molecule has 0 aromatic heterocycles. The lowest BCUT2D eigenvalue weighted by atomic mass is 9.99. The van der Waals surface area contributed by atoms with Gasteiger partial charge in [-0.15, -0.1) is 0 Å². The van der Waals surface area contributed by atoms with E-state index in [4.69, 9.17) is 4.74 Å². The number of esters is 1. The normalized spacial score (nSPS) is 14.0. The largest absolute Gasteiger partial charge is 0.455 e. The van der Waals surface area contributed by atoms with Gasteiger partial charge in [0.2, 0.25) is 0 Å². The van der Waals surface area contributed by atoms with E-state index in [1.54, 1.807) is 6.08 Å². The van der Waals surface area contributed by atoms with Crippen LogP contribution in [0.1, 0.15) is 53.9 Å². The molecule has 0 aliphatic heterocycles. The van der Waals surface area contributed by atoms with E-state index in [1.807, 2.05) is 20.8 Å². The van der Waals surface area contributed by atoms with Crippen molar-refractivity contribution in [3.05, 3.63) is 24.3 Å². The van der Waals surface area contributed by atoms with Gasteiger partial charge >= 0.3 is 5.97 Å². The van der Waals surface area contributed by atoms with E-state index >= 15 is 0 Å². The number of hydrogen-bond donors (Lipinski definition) is 0. The Morgan fingerprint density at radius 1 is 1.41 bits per heavy atom. The van der Waals surface area contributed by atoms with Gasteiger partial charge in [0.05, 0.1) is 0 Å². The molecule has 0 saturated heterocycles. The molecule has 0 aromatic carbocycles. The van der Waals surface area contributed by atoms with Crippen molar-refractivity contribution in [2.45, 2.75) is 59.5 Å². The van der Waals surface area contributed by atoms with Crippen LogP contribution in [-0.2, 0) is 9.53 Å². The Kier molecular flexibility index (Phi) is 6.86. The van der Waals surface area contributed by atoms with Crippen LogP contribution in [0.15, 0.2) is 24.3 Å². The number of hydrogen-bond acceptors (Lipinski definition) is 2. The van der Waals surface area contributed by atoms with Gasteiger partial charge in [0, 0.05) is 6.42 Å². The molecular weight excluding hydrogens is 212 g/mol. The van der Waals surface area contributed by atoms with Crippen molar-refractivity contribution >= 4 is 5.97 Å². The molecule has 0 fully saturated rings. The molecule has 0 unspecified atom stereocenters. The zero-order valence-electron chi connectivity index (χ0n) is 11.9. The first-order valence-electron chi connectivity index (χ1n) is 6.28. The summed E-state index contributed by atoms with van der Waals surface area (Å²) in [6, 6.07) is 0. The van der Waals surface area contributed by atoms with Crippen LogP contribution >= 0.6 is 0 Å². The summed E-state index contributed by atoms with van der Waals surface area (Å²) in [5.41, 5.74) is 0.739. The minimum atomic E-state index is -0.544. The highest BCUT2D eigenvalue weighted by Crippen LogP contribution is 2.21. The first-order valence-corrected chi connectivity index (χ1v) is 6.28. The van der Waals surface area contributed by atoms with Gasteiger partial charge in [0.15, 0.2) is 0 Å². The molecule has 98 valence electrons. The van der Waals surface area contributed by atoms with Crippen molar-refractivity contribution in [2.24, 2.45) is 5.92 Å². The molecule has 0 rings (SSSR count). The van der Waals surface area contributed by atoms with Crippen LogP contribution < -0.4 is 0 Å². The zero-order valence-corrected chi connectivity index (χ0v) is 11.9. The maximum Gasteiger partial charge on any atom is 0.306 e. The van der Waals surface area contributed by atoms with E-state index in [2.05, 4.69) is 26.5 Å². The molecule has 0 aliphatic carbocycles. The Bertz CT molecular complexity index is 285. The van der Waals surface area contributed by atoms with Crippen molar-refractivity contribution in [1.82, 2.24) is 0 Å². The summed E-state index contributed by atoms with van der Waals surface area (Å²) in [5, 5.41) is 0. The van der Waals surface area contributed by atoms with Crippen LogP contribution in [0.4, 0.5) is 0 Å². The lowest BCUT2D eigenvalue weighted by Gasteiger charge is -2.26. The van der Waals surface area contributed by atoms with E-state index in [-0.39, 0.29) is 5.97 Å². The quantitative estimate of drug-likeness (QED) is 0.489. The second-order valence-corrected chi connectivity index (χ2v) is 5.41. The predicted molar refractivity (Wildman–Crippen MR) is 72.8 cm³/mol. The Hall–Kier alpha value is -1.05. The Morgan fingerprint density at radius 3 is 2.41 bits per heavy atom. The SMILES string of the molecule is C=C[C@](C)(CCC=C(C)C)OC(=O)CC(C)C. The molecule has 0 aromatic rings. The summed E-state index contributed by atoms with van der Waals surface area (Å²) in [7, 11) is 0. The molecule has 0 aliphatic rings. The second-order valence-electron chi connectivity index (χ2n) is 5.41. The van der Waals surface area contributed by atoms with E-state index in [1.165, 1.54) is 5.57 Å². The third-order valence-corrected chi connectivity index (χ3v) is 2.55. The van der Waals surface area contributed by atoms with Crippen molar-refractivity contribution in [3.63, 3.8) is 0 Å². The van der Waals surface area contributed by atoms with Crippen LogP contribution in [0.5, 0.6) is 0 Å². The highest BCUT2D eigenvalue weighted by molar-refractivity contribution is 5.70. The maximum atomic E-state index is 11.6. The third-order valence-electron chi connectivity index (χ3n) is 2.55. The van der Waals surface area contributed by atoms with E-state index in [9.17, 15) is 4.79 Å². The second kappa shape index (κ2) is 7.31. The molecule has 0 heterocycles. The average Bonchev–Trinajstić information content (AvgIpc) is 2.15. The van der Waals surface area contributed by atoms with Crippen molar-refractivity contribution in [2.75, 3.05) is 0 Å². The summed E-state index contributed by atoms with van der Waals surface area (Å²) < 4.78 is 5.49. The van der Waals surface area contributed by atoms with E-state index in [0.717, 1.165) is 12.8 Å². The minimum absolute atomic E-state index is 0.139. The standard InChI is InChI=1S/C15H26O2/c1-7-15(6,10-8-9-12(2)3)17-14(16)11-13(4)5/h7,9,13H,1,8,10-11H2,2-6H3/t15-/m1/s1. The van der Waals surface area contributed by atoms with Gasteiger partial charge in [-0.25, -0.2) is 0 Å². The smallest absolute Gasteiger partial charge is 0.306 e. The fraction of sp³-hybridized carbons (Fsp3) is 0.667. The van der Waals surface area contributed by atoms with Crippen molar-refractivity contribution in [1.29, 1.82) is 0 Å². The van der Waals surface area contributed by atoms with Crippen LogP contribution in [0.3, 0.4) is 0 Å². The van der Waals surface area contributed by atoms with Crippen molar-refractivity contribution in [3.8, 4) is 0 Å². The first kappa shape index (κ1) is 16.0. The zero-order chi connectivity index (χ0) is 13.5. The van der Waals surface area contributed by atoms with Gasteiger partial charge < -0.3 is 4.74 Å². The van der Waals surface area contributed by atoms with Gasteiger partial charge in [-0.1, -0.05) is 32.1 Å². The van der Waals surface area contributed by atoms with Crippen LogP contribution in [0.25, 0.3) is 0 Å². The van der Waals surface area contributed by atoms with E-state index < -0.39 is 5.60 Å². The number of rotatable bonds is 7. The predicted octanol–water partition coefficient (Wildman–Crippen LogP) is 4.27. The summed E-state index contributed by atoms with van der Waals surface area (Å²) in [6.07, 6.45) is 6.03. The molecule has 0 amide bonds. The molecule has 0 spiro atoms. The minimum Gasteiger partial charge on any atom is -0.455 e. The third kappa shape index (κ3) is 7.78. The highest BCUT2D eigenvalue weighted by atomic mass is 16.6. The topological polar surface area (TPSA) is 26.3 Å². The number of carbonyl (C=O) groups excluding carboxylic acids is 1. The van der Waals surface area contributed by atoms with Crippen molar-refractivity contribution < 1.29 is 9.53 Å². The molecule has 0 N–H and O–H groups in total. The molecule has 2 nitrogen and oxygen atoms in total. The first-order chi connectivity index (χ1) is 7.79. The van der Waals surface area contributed by atoms with Gasteiger partial charge in [0.1, 0.15) is 5.60 Å². The Labute approximate surface area is 106 Å². The highest BCUT2D eigenvalue weighted by Gasteiger charge is 2.24. The number of carbonyl (C=O) groups is 1. The summed E-state index contributed by atoms with van der Waals surface area (Å²) in [4.78, 5) is 11.6. The number of allylic oxidation sites excluding steroid dienone is 2. The van der Waals surface area contributed by atoms with Crippen LogP contribution in [-0.4, -0.2) is 11.6 Å². The maximum absolute atomic E-state index is 11.6. The fourth-order valence-electron chi connectivity index (χ4n) is 1.48. The molecule has 0 bridgehead atoms. The molecule has 17 heavy (non-hydrogen) atoms. The monoisotopic (exact) mass is 238 g/mol. The average molecular weight is 238 g/mol. The molecule has 2 heteroatoms. The summed E-state index contributed by atoms with van der Waals surface area (Å²) in [5.74, 6) is 0.189. The molecule has 1 atom stereocenters.